The van der Waals surface area contributed by atoms with Gasteiger partial charge < -0.3 is 10.2 Å². The van der Waals surface area contributed by atoms with Gasteiger partial charge in [0.2, 0.25) is 11.7 Å². The number of piperidine rings is 1. The number of hydrogen-bond acceptors (Lipinski definition) is 6. The molecule has 1 aromatic heterocycles. The predicted molar refractivity (Wildman–Crippen MR) is 89.9 cm³/mol. The minimum atomic E-state index is -0.382. The molecule has 0 saturated carbocycles. The third kappa shape index (κ3) is 3.19. The minimum Gasteiger partial charge on any atom is -0.362 e. The van der Waals surface area contributed by atoms with E-state index in [0.717, 1.165) is 38.9 Å². The first-order chi connectivity index (χ1) is 11.5. The Morgan fingerprint density at radius 3 is 2.58 bits per heavy atom. The van der Waals surface area contributed by atoms with E-state index in [-0.39, 0.29) is 28.6 Å². The van der Waals surface area contributed by atoms with Crippen molar-refractivity contribution >= 4 is 17.4 Å². The van der Waals surface area contributed by atoms with E-state index in [1.54, 1.807) is 24.1 Å². The van der Waals surface area contributed by atoms with Crippen molar-refractivity contribution in [1.82, 2.24) is 14.8 Å². The molecule has 1 N–H and O–H groups in total. The van der Waals surface area contributed by atoms with E-state index in [4.69, 9.17) is 0 Å². The van der Waals surface area contributed by atoms with E-state index in [1.165, 1.54) is 0 Å². The van der Waals surface area contributed by atoms with Gasteiger partial charge >= 0.3 is 5.69 Å². The molecule has 1 atom stereocenters. The predicted octanol–water partition coefficient (Wildman–Crippen LogP) is 1.41. The third-order valence-corrected chi connectivity index (χ3v) is 5.02. The molecule has 2 aliphatic rings. The van der Waals surface area contributed by atoms with Crippen molar-refractivity contribution in [3.63, 3.8) is 0 Å². The van der Waals surface area contributed by atoms with Crippen LogP contribution >= 0.6 is 0 Å². The first-order valence-corrected chi connectivity index (χ1v) is 8.33. The highest BCUT2D eigenvalue weighted by Crippen LogP contribution is 2.28. The molecular weight excluding hydrogens is 310 g/mol. The first kappa shape index (κ1) is 16.6. The van der Waals surface area contributed by atoms with E-state index in [0.29, 0.717) is 11.4 Å². The van der Waals surface area contributed by atoms with Crippen molar-refractivity contribution in [1.29, 1.82) is 0 Å². The molecule has 0 aromatic carbocycles. The number of nitrogens with zero attached hydrogens (tertiary/aromatic N) is 4. The zero-order valence-electron chi connectivity index (χ0n) is 14.1. The van der Waals surface area contributed by atoms with Crippen LogP contribution in [-0.4, -0.2) is 64.4 Å². The van der Waals surface area contributed by atoms with Gasteiger partial charge in [-0.2, -0.15) is 0 Å². The lowest BCUT2D eigenvalue weighted by atomic mass is 10.0. The molecule has 8 heteroatoms. The second kappa shape index (κ2) is 6.72. The van der Waals surface area contributed by atoms with Crippen LogP contribution in [0.4, 0.5) is 11.5 Å². The zero-order valence-corrected chi connectivity index (χ0v) is 14.1. The van der Waals surface area contributed by atoms with Crippen molar-refractivity contribution in [2.24, 2.45) is 0 Å². The van der Waals surface area contributed by atoms with E-state index < -0.39 is 0 Å². The van der Waals surface area contributed by atoms with Gasteiger partial charge in [-0.25, -0.2) is 4.98 Å². The second-order valence-corrected chi connectivity index (χ2v) is 6.60. The number of nitrogens with one attached hydrogen (secondary N) is 1. The highest BCUT2D eigenvalue weighted by molar-refractivity contribution is 5.83. The van der Waals surface area contributed by atoms with E-state index in [1.807, 2.05) is 7.05 Å². The molecule has 3 rings (SSSR count). The molecule has 130 valence electrons. The SMILES string of the molecule is Cc1ccnc(NC2CCN(C3CCN(C)C3=O)CC2)c1[N+](=O)[O-]. The summed E-state index contributed by atoms with van der Waals surface area (Å²) in [7, 11) is 1.85. The number of likely N-dealkylation sites (N-methyl/N-ethyl adjacent to an activating group) is 1. The van der Waals surface area contributed by atoms with Crippen molar-refractivity contribution in [2.75, 3.05) is 32.0 Å². The standard InChI is InChI=1S/C16H23N5O3/c1-11-3-7-17-15(14(11)21(23)24)18-12-4-9-20(10-5-12)13-6-8-19(2)16(13)22/h3,7,12-13H,4-6,8-10H2,1-2H3,(H,17,18). The lowest BCUT2D eigenvalue weighted by molar-refractivity contribution is -0.384. The Morgan fingerprint density at radius 1 is 1.29 bits per heavy atom. The summed E-state index contributed by atoms with van der Waals surface area (Å²) < 4.78 is 0. The van der Waals surface area contributed by atoms with Crippen LogP contribution in [0.5, 0.6) is 0 Å². The fourth-order valence-corrected chi connectivity index (χ4v) is 3.58. The molecule has 2 saturated heterocycles. The number of hydrogen-bond donors (Lipinski definition) is 1. The molecule has 0 bridgehead atoms. The number of carbonyl (C=O) groups excluding carboxylic acids is 1. The fraction of sp³-hybridized carbons (Fsp3) is 0.625. The van der Waals surface area contributed by atoms with E-state index in [2.05, 4.69) is 15.2 Å². The van der Waals surface area contributed by atoms with E-state index in [9.17, 15) is 14.9 Å². The summed E-state index contributed by atoms with van der Waals surface area (Å²) in [5, 5.41) is 14.5. The van der Waals surface area contributed by atoms with Gasteiger partial charge in [-0.1, -0.05) is 0 Å². The number of carbonyl (C=O) groups is 1. The number of aryl methyl sites for hydroxylation is 1. The molecule has 2 fully saturated rings. The van der Waals surface area contributed by atoms with Gasteiger partial charge in [0.05, 0.1) is 11.0 Å². The number of nitro groups is 1. The largest absolute Gasteiger partial charge is 0.362 e. The maximum Gasteiger partial charge on any atom is 0.314 e. The topological polar surface area (TPSA) is 91.6 Å². The summed E-state index contributed by atoms with van der Waals surface area (Å²) >= 11 is 0. The zero-order chi connectivity index (χ0) is 17.3. The van der Waals surface area contributed by atoms with Crippen LogP contribution in [0.25, 0.3) is 0 Å². The number of anilines is 1. The average Bonchev–Trinajstić information content (AvgIpc) is 2.87. The first-order valence-electron chi connectivity index (χ1n) is 8.33. The van der Waals surface area contributed by atoms with Gasteiger partial charge in [0, 0.05) is 44.5 Å². The summed E-state index contributed by atoms with van der Waals surface area (Å²) in [4.78, 5) is 31.2. The quantitative estimate of drug-likeness (QED) is 0.661. The van der Waals surface area contributed by atoms with Crippen LogP contribution < -0.4 is 5.32 Å². The normalized spacial score (nSPS) is 22.8. The number of pyridine rings is 1. The van der Waals surface area contributed by atoms with Gasteiger partial charge in [-0.15, -0.1) is 0 Å². The lowest BCUT2D eigenvalue weighted by Crippen LogP contribution is -2.47. The van der Waals surface area contributed by atoms with E-state index >= 15 is 0 Å². The molecule has 24 heavy (non-hydrogen) atoms. The number of amides is 1. The van der Waals surface area contributed by atoms with Crippen molar-refractivity contribution in [3.8, 4) is 0 Å². The Labute approximate surface area is 141 Å². The van der Waals surface area contributed by atoms with Crippen molar-refractivity contribution in [3.05, 3.63) is 27.9 Å². The number of aromatic nitrogens is 1. The van der Waals surface area contributed by atoms with Crippen LogP contribution in [0.15, 0.2) is 12.3 Å². The van der Waals surface area contributed by atoms with Gasteiger partial charge in [0.1, 0.15) is 0 Å². The smallest absolute Gasteiger partial charge is 0.314 e. The number of likely N-dealkylation sites (tertiary alicyclic amines) is 2. The summed E-state index contributed by atoms with van der Waals surface area (Å²) in [6.45, 7) is 4.18. The summed E-state index contributed by atoms with van der Waals surface area (Å²) in [5.41, 5.74) is 0.655. The van der Waals surface area contributed by atoms with Gasteiger partial charge in [0.25, 0.3) is 0 Å². The maximum absolute atomic E-state index is 12.1. The highest BCUT2D eigenvalue weighted by atomic mass is 16.6. The second-order valence-electron chi connectivity index (χ2n) is 6.60. The van der Waals surface area contributed by atoms with Crippen molar-refractivity contribution < 1.29 is 9.72 Å². The van der Waals surface area contributed by atoms with Crippen LogP contribution in [0.2, 0.25) is 0 Å². The third-order valence-electron chi connectivity index (χ3n) is 5.02. The van der Waals surface area contributed by atoms with Crippen LogP contribution in [-0.2, 0) is 4.79 Å². The maximum atomic E-state index is 12.1. The average molecular weight is 333 g/mol. The summed E-state index contributed by atoms with van der Waals surface area (Å²) in [6.07, 6.45) is 4.17. The van der Waals surface area contributed by atoms with Crippen molar-refractivity contribution in [2.45, 2.75) is 38.3 Å². The molecule has 2 aliphatic heterocycles. The Bertz CT molecular complexity index is 643. The summed E-state index contributed by atoms with van der Waals surface area (Å²) in [5.74, 6) is 0.549. The molecule has 0 radical (unpaired) electrons. The molecule has 1 unspecified atom stereocenters. The van der Waals surface area contributed by atoms with Crippen LogP contribution in [0.1, 0.15) is 24.8 Å². The Kier molecular flexibility index (Phi) is 4.66. The monoisotopic (exact) mass is 333 g/mol. The number of rotatable bonds is 4. The molecule has 0 aliphatic carbocycles. The fourth-order valence-electron chi connectivity index (χ4n) is 3.58. The Morgan fingerprint density at radius 2 is 2.00 bits per heavy atom. The molecular formula is C16H23N5O3. The van der Waals surface area contributed by atoms with Gasteiger partial charge in [0.15, 0.2) is 0 Å². The molecule has 1 amide bonds. The van der Waals surface area contributed by atoms with Crippen LogP contribution in [0, 0.1) is 17.0 Å². The molecule has 8 nitrogen and oxygen atoms in total. The van der Waals surface area contributed by atoms with Gasteiger partial charge in [-0.3, -0.25) is 19.8 Å². The molecule has 0 spiro atoms. The summed E-state index contributed by atoms with van der Waals surface area (Å²) in [6, 6.07) is 1.79. The van der Waals surface area contributed by atoms with Crippen LogP contribution in [0.3, 0.4) is 0 Å². The molecule has 1 aromatic rings. The molecule has 3 heterocycles. The Balaban J connectivity index is 1.61. The van der Waals surface area contributed by atoms with Gasteiger partial charge in [-0.05, 0) is 32.3 Å². The highest BCUT2D eigenvalue weighted by Gasteiger charge is 2.36. The minimum absolute atomic E-state index is 0.00220. The Hall–Kier alpha value is -2.22. The lowest BCUT2D eigenvalue weighted by Gasteiger charge is -2.35.